The minimum absolute atomic E-state index is 0.0348. The van der Waals surface area contributed by atoms with Gasteiger partial charge in [0.05, 0.1) is 26.9 Å². The lowest BCUT2D eigenvalue weighted by Gasteiger charge is -2.29. The lowest BCUT2D eigenvalue weighted by Crippen LogP contribution is -2.47. The number of urea groups is 1. The summed E-state index contributed by atoms with van der Waals surface area (Å²) in [7, 11) is 3.22. The van der Waals surface area contributed by atoms with Crippen LogP contribution in [0.3, 0.4) is 0 Å². The number of hydrogen-bond donors (Lipinski definition) is 1. The summed E-state index contributed by atoms with van der Waals surface area (Å²) in [5, 5.41) is 3.03. The lowest BCUT2D eigenvalue weighted by molar-refractivity contribution is -0.132. The zero-order chi connectivity index (χ0) is 29.4. The van der Waals surface area contributed by atoms with Crippen molar-refractivity contribution >= 4 is 29.0 Å². The molecule has 2 heterocycles. The van der Waals surface area contributed by atoms with Gasteiger partial charge in [-0.3, -0.25) is 4.79 Å². The van der Waals surface area contributed by atoms with E-state index >= 15 is 0 Å². The third kappa shape index (κ3) is 8.47. The smallest absolute Gasteiger partial charge is 0.322 e. The van der Waals surface area contributed by atoms with Crippen LogP contribution in [0.4, 0.5) is 10.5 Å². The van der Waals surface area contributed by atoms with Crippen molar-refractivity contribution in [3.05, 3.63) is 75.0 Å². The Morgan fingerprint density at radius 3 is 2.46 bits per heavy atom. The molecule has 0 radical (unpaired) electrons. The van der Waals surface area contributed by atoms with Gasteiger partial charge in [-0.05, 0) is 81.5 Å². The molecule has 3 amide bonds. The summed E-state index contributed by atoms with van der Waals surface area (Å²) in [6.45, 7) is 8.04. The monoisotopic (exact) mass is 579 g/mol. The molecule has 0 aliphatic carbocycles. The molecule has 41 heavy (non-hydrogen) atoms. The van der Waals surface area contributed by atoms with Crippen molar-refractivity contribution in [2.24, 2.45) is 0 Å². The fraction of sp³-hybridized carbons (Fsp3) is 0.438. The fourth-order valence-electron chi connectivity index (χ4n) is 5.02. The van der Waals surface area contributed by atoms with Crippen molar-refractivity contribution in [2.45, 2.75) is 52.7 Å². The number of ether oxygens (including phenoxy) is 3. The van der Waals surface area contributed by atoms with Gasteiger partial charge in [-0.25, -0.2) is 4.79 Å². The zero-order valence-corrected chi connectivity index (χ0v) is 25.5. The van der Waals surface area contributed by atoms with Crippen LogP contribution in [0.2, 0.25) is 0 Å². The quantitative estimate of drug-likeness (QED) is 0.286. The van der Waals surface area contributed by atoms with Gasteiger partial charge >= 0.3 is 6.03 Å². The van der Waals surface area contributed by atoms with Gasteiger partial charge in [-0.1, -0.05) is 23.8 Å². The van der Waals surface area contributed by atoms with Gasteiger partial charge in [-0.2, -0.15) is 0 Å². The third-order valence-corrected chi connectivity index (χ3v) is 8.28. The number of nitrogens with zero attached hydrogens (tertiary/aromatic N) is 2. The molecule has 0 spiro atoms. The van der Waals surface area contributed by atoms with Gasteiger partial charge in [0, 0.05) is 35.1 Å². The largest absolute Gasteiger partial charge is 0.493 e. The standard InChI is InChI=1S/C32H41N3O5S/c1-22-8-12-28(23(2)17-22)33-32(37)35(19-26-7-6-16-40-26)21-31(36)34(20-27-11-9-24(3)41-27)15-14-25-10-13-29(38-4)30(18-25)39-5/h8-13,17-18,26H,6-7,14-16,19-21H2,1-5H3,(H,33,37). The van der Waals surface area contributed by atoms with Crippen LogP contribution in [0.15, 0.2) is 48.5 Å². The molecule has 0 saturated carbocycles. The van der Waals surface area contributed by atoms with Crippen molar-refractivity contribution < 1.29 is 23.8 Å². The maximum atomic E-state index is 13.9. The number of carbonyl (C=O) groups is 2. The SMILES string of the molecule is COc1ccc(CCN(Cc2ccc(C)s2)C(=O)CN(CC2CCCO2)C(=O)Nc2ccc(C)cc2C)cc1OC. The van der Waals surface area contributed by atoms with E-state index in [2.05, 4.69) is 24.4 Å². The number of carbonyl (C=O) groups excluding carboxylic acids is 2. The Bertz CT molecular complexity index is 1330. The normalized spacial score (nSPS) is 14.5. The van der Waals surface area contributed by atoms with E-state index in [1.807, 2.05) is 55.1 Å². The molecule has 1 saturated heterocycles. The highest BCUT2D eigenvalue weighted by molar-refractivity contribution is 7.11. The molecule has 1 atom stereocenters. The number of hydrogen-bond acceptors (Lipinski definition) is 6. The molecule has 3 aromatic rings. The summed E-state index contributed by atoms with van der Waals surface area (Å²) < 4.78 is 16.7. The maximum Gasteiger partial charge on any atom is 0.322 e. The number of benzene rings is 2. The van der Waals surface area contributed by atoms with Gasteiger partial charge in [0.1, 0.15) is 6.54 Å². The van der Waals surface area contributed by atoms with Crippen LogP contribution >= 0.6 is 11.3 Å². The number of methoxy groups -OCH3 is 2. The average molecular weight is 580 g/mol. The zero-order valence-electron chi connectivity index (χ0n) is 24.7. The summed E-state index contributed by atoms with van der Waals surface area (Å²) in [5.41, 5.74) is 3.88. The second-order valence-corrected chi connectivity index (χ2v) is 11.9. The molecule has 4 rings (SSSR count). The molecule has 1 aliphatic rings. The second kappa shape index (κ2) is 14.4. The summed E-state index contributed by atoms with van der Waals surface area (Å²) in [6.07, 6.45) is 2.39. The molecule has 0 bridgehead atoms. The molecule has 1 aromatic heterocycles. The molecular weight excluding hydrogens is 538 g/mol. The Kier molecular flexibility index (Phi) is 10.7. The molecule has 1 fully saturated rings. The molecule has 2 aromatic carbocycles. The first-order valence-corrected chi connectivity index (χ1v) is 14.9. The molecular formula is C32H41N3O5S. The topological polar surface area (TPSA) is 80.3 Å². The molecule has 220 valence electrons. The minimum Gasteiger partial charge on any atom is -0.493 e. The third-order valence-electron chi connectivity index (χ3n) is 7.30. The van der Waals surface area contributed by atoms with E-state index < -0.39 is 0 Å². The first kappa shape index (κ1) is 30.4. The highest BCUT2D eigenvalue weighted by Crippen LogP contribution is 2.28. The van der Waals surface area contributed by atoms with Crippen molar-refractivity contribution in [3.63, 3.8) is 0 Å². The van der Waals surface area contributed by atoms with Crippen molar-refractivity contribution in [1.82, 2.24) is 9.80 Å². The minimum atomic E-state index is -0.299. The number of aryl methyl sites for hydroxylation is 3. The van der Waals surface area contributed by atoms with E-state index in [1.165, 1.54) is 4.88 Å². The highest BCUT2D eigenvalue weighted by atomic mass is 32.1. The van der Waals surface area contributed by atoms with Crippen LogP contribution in [-0.2, 0) is 22.5 Å². The van der Waals surface area contributed by atoms with Crippen LogP contribution in [0.25, 0.3) is 0 Å². The number of anilines is 1. The summed E-state index contributed by atoms with van der Waals surface area (Å²) in [6, 6.07) is 15.5. The summed E-state index contributed by atoms with van der Waals surface area (Å²) in [4.78, 5) is 33.1. The fourth-order valence-corrected chi connectivity index (χ4v) is 5.92. The predicted molar refractivity (Wildman–Crippen MR) is 163 cm³/mol. The van der Waals surface area contributed by atoms with Crippen LogP contribution in [0.1, 0.15) is 39.3 Å². The Hall–Kier alpha value is -3.56. The predicted octanol–water partition coefficient (Wildman–Crippen LogP) is 5.97. The van der Waals surface area contributed by atoms with Gasteiger partial charge in [-0.15, -0.1) is 11.3 Å². The first-order chi connectivity index (χ1) is 19.7. The molecule has 8 nitrogen and oxygen atoms in total. The van der Waals surface area contributed by atoms with E-state index in [0.29, 0.717) is 44.2 Å². The van der Waals surface area contributed by atoms with Gasteiger partial charge < -0.3 is 29.3 Å². The van der Waals surface area contributed by atoms with Crippen molar-refractivity contribution in [3.8, 4) is 11.5 Å². The first-order valence-electron chi connectivity index (χ1n) is 14.0. The molecule has 1 N–H and O–H groups in total. The van der Waals surface area contributed by atoms with Gasteiger partial charge in [0.25, 0.3) is 0 Å². The van der Waals surface area contributed by atoms with E-state index in [9.17, 15) is 9.59 Å². The number of thiophene rings is 1. The van der Waals surface area contributed by atoms with E-state index in [4.69, 9.17) is 14.2 Å². The van der Waals surface area contributed by atoms with Crippen molar-refractivity contribution in [2.75, 3.05) is 45.8 Å². The Morgan fingerprint density at radius 1 is 1.00 bits per heavy atom. The second-order valence-electron chi connectivity index (χ2n) is 10.5. The summed E-state index contributed by atoms with van der Waals surface area (Å²) >= 11 is 1.68. The number of rotatable bonds is 12. The van der Waals surface area contributed by atoms with E-state index in [1.54, 1.807) is 30.5 Å². The van der Waals surface area contributed by atoms with E-state index in [-0.39, 0.29) is 24.6 Å². The molecule has 1 aliphatic heterocycles. The van der Waals surface area contributed by atoms with Crippen LogP contribution in [0, 0.1) is 20.8 Å². The number of amides is 3. The summed E-state index contributed by atoms with van der Waals surface area (Å²) in [5.74, 6) is 1.21. The Balaban J connectivity index is 1.52. The Morgan fingerprint density at radius 2 is 1.80 bits per heavy atom. The number of nitrogens with one attached hydrogen (secondary N) is 1. The lowest BCUT2D eigenvalue weighted by atomic mass is 10.1. The van der Waals surface area contributed by atoms with Crippen LogP contribution < -0.4 is 14.8 Å². The molecule has 1 unspecified atom stereocenters. The average Bonchev–Trinajstić information content (AvgIpc) is 3.63. The van der Waals surface area contributed by atoms with Crippen LogP contribution in [0.5, 0.6) is 11.5 Å². The van der Waals surface area contributed by atoms with Crippen molar-refractivity contribution in [1.29, 1.82) is 0 Å². The van der Waals surface area contributed by atoms with Gasteiger partial charge in [0.15, 0.2) is 11.5 Å². The van der Waals surface area contributed by atoms with Crippen LogP contribution in [-0.4, -0.2) is 68.3 Å². The van der Waals surface area contributed by atoms with E-state index in [0.717, 1.165) is 40.1 Å². The van der Waals surface area contributed by atoms with Gasteiger partial charge in [0.2, 0.25) is 5.91 Å². The highest BCUT2D eigenvalue weighted by Gasteiger charge is 2.27. The molecule has 9 heteroatoms. The maximum absolute atomic E-state index is 13.9. The Labute approximate surface area is 247 Å².